The molecule has 0 spiro atoms. The summed E-state index contributed by atoms with van der Waals surface area (Å²) in [5.41, 5.74) is 1.32. The van der Waals surface area contributed by atoms with Crippen molar-refractivity contribution in [1.82, 2.24) is 5.32 Å². The molecule has 4 aliphatic carbocycles. The van der Waals surface area contributed by atoms with E-state index in [0.717, 1.165) is 82.9 Å². The zero-order valence-electron chi connectivity index (χ0n) is 21.8. The summed E-state index contributed by atoms with van der Waals surface area (Å²) in [6.07, 6.45) is 13.2. The van der Waals surface area contributed by atoms with Gasteiger partial charge in [-0.05, 0) is 118 Å². The summed E-state index contributed by atoms with van der Waals surface area (Å²) in [4.78, 5) is 24.3. The third-order valence-electron chi connectivity index (χ3n) is 11.3. The van der Waals surface area contributed by atoms with Gasteiger partial charge in [0, 0.05) is 11.5 Å². The third kappa shape index (κ3) is 3.65. The molecular formula is C30H41NO5. The standard InChI is InChI=1S/C30H41NO5/c1-28-12-7-22(36-27(33)19-10-15-31-16-11-19)17-21(28)4-5-25-24(28)8-13-29(2)23(9-14-30(25,29)34)20-3-6-26(32)35-18-20/h3,6,17-19,22-25,31,34H,4-5,7-16H2,1-2H3/t22-,23+,24?,25?,28-,29+,30-/m0/s1. The number of piperidine rings is 1. The second kappa shape index (κ2) is 8.83. The maximum Gasteiger partial charge on any atom is 0.335 e. The van der Waals surface area contributed by atoms with E-state index in [1.54, 1.807) is 6.26 Å². The van der Waals surface area contributed by atoms with E-state index < -0.39 is 5.60 Å². The van der Waals surface area contributed by atoms with E-state index >= 15 is 0 Å². The molecule has 36 heavy (non-hydrogen) atoms. The van der Waals surface area contributed by atoms with Crippen molar-refractivity contribution in [3.63, 3.8) is 0 Å². The van der Waals surface area contributed by atoms with Crippen LogP contribution in [0.25, 0.3) is 0 Å². The molecule has 2 N–H and O–H groups in total. The number of ether oxygens (including phenoxy) is 1. The van der Waals surface area contributed by atoms with Crippen molar-refractivity contribution < 1.29 is 19.1 Å². The molecule has 6 heteroatoms. The summed E-state index contributed by atoms with van der Waals surface area (Å²) in [7, 11) is 0. The summed E-state index contributed by atoms with van der Waals surface area (Å²) in [6.45, 7) is 6.48. The molecule has 2 unspecified atom stereocenters. The van der Waals surface area contributed by atoms with Crippen molar-refractivity contribution in [3.8, 4) is 0 Å². The molecule has 6 rings (SSSR count). The minimum absolute atomic E-state index is 0.0212. The van der Waals surface area contributed by atoms with Gasteiger partial charge in [0.25, 0.3) is 0 Å². The van der Waals surface area contributed by atoms with Crippen LogP contribution in [0.15, 0.2) is 39.3 Å². The molecule has 4 fully saturated rings. The molecule has 1 aromatic rings. The van der Waals surface area contributed by atoms with Gasteiger partial charge in [0.1, 0.15) is 6.10 Å². The first kappa shape index (κ1) is 24.4. The highest BCUT2D eigenvalue weighted by Crippen LogP contribution is 2.70. The van der Waals surface area contributed by atoms with E-state index in [1.807, 2.05) is 6.07 Å². The van der Waals surface area contributed by atoms with E-state index in [4.69, 9.17) is 9.15 Å². The number of aliphatic hydroxyl groups is 1. The van der Waals surface area contributed by atoms with Crippen LogP contribution in [0, 0.1) is 28.6 Å². The van der Waals surface area contributed by atoms with Gasteiger partial charge in [0.05, 0.1) is 17.8 Å². The number of fused-ring (bicyclic) bond motifs is 5. The Morgan fingerprint density at radius 2 is 1.83 bits per heavy atom. The highest BCUT2D eigenvalue weighted by atomic mass is 16.5. The van der Waals surface area contributed by atoms with E-state index in [-0.39, 0.29) is 46.3 Å². The Labute approximate surface area is 213 Å². The SMILES string of the molecule is C[C@]12CC[C@H](OC(=O)C3CCNCC3)C=C1CCC1C2CC[C@]2(C)[C@@H](c3ccc(=O)oc3)CC[C@]12O. The van der Waals surface area contributed by atoms with E-state index in [1.165, 1.54) is 11.6 Å². The molecule has 3 saturated carbocycles. The summed E-state index contributed by atoms with van der Waals surface area (Å²) < 4.78 is 11.2. The Balaban J connectivity index is 1.21. The maximum atomic E-state index is 12.8. The van der Waals surface area contributed by atoms with Crippen LogP contribution in [0.5, 0.6) is 0 Å². The van der Waals surface area contributed by atoms with Gasteiger partial charge in [0.2, 0.25) is 0 Å². The summed E-state index contributed by atoms with van der Waals surface area (Å²) >= 11 is 0. The van der Waals surface area contributed by atoms with Gasteiger partial charge in [-0.2, -0.15) is 0 Å². The van der Waals surface area contributed by atoms with Gasteiger partial charge in [-0.1, -0.05) is 19.4 Å². The van der Waals surface area contributed by atoms with Gasteiger partial charge in [0.15, 0.2) is 0 Å². The average Bonchev–Trinajstić information content (AvgIpc) is 3.16. The van der Waals surface area contributed by atoms with Gasteiger partial charge >= 0.3 is 11.6 Å². The summed E-state index contributed by atoms with van der Waals surface area (Å²) in [5.74, 6) is 0.943. The lowest BCUT2D eigenvalue weighted by molar-refractivity contribution is -0.179. The lowest BCUT2D eigenvalue weighted by Gasteiger charge is -2.61. The Kier molecular flexibility index (Phi) is 5.99. The molecule has 196 valence electrons. The number of rotatable bonds is 3. The minimum atomic E-state index is -0.705. The predicted octanol–water partition coefficient (Wildman–Crippen LogP) is 4.71. The first-order valence-electron chi connectivity index (χ1n) is 14.2. The van der Waals surface area contributed by atoms with Crippen molar-refractivity contribution in [3.05, 3.63) is 46.0 Å². The van der Waals surface area contributed by atoms with E-state index in [9.17, 15) is 14.7 Å². The Morgan fingerprint density at radius 1 is 1.03 bits per heavy atom. The average molecular weight is 496 g/mol. The topological polar surface area (TPSA) is 88.8 Å². The van der Waals surface area contributed by atoms with Gasteiger partial charge < -0.3 is 19.6 Å². The molecule has 6 nitrogen and oxygen atoms in total. The number of carbonyl (C=O) groups is 1. The largest absolute Gasteiger partial charge is 0.458 e. The van der Waals surface area contributed by atoms with Crippen molar-refractivity contribution in [2.24, 2.45) is 28.6 Å². The second-order valence-corrected chi connectivity index (χ2v) is 12.8. The first-order valence-corrected chi connectivity index (χ1v) is 14.2. The fourth-order valence-corrected chi connectivity index (χ4v) is 9.16. The molecule has 2 heterocycles. The van der Waals surface area contributed by atoms with Crippen LogP contribution in [0.3, 0.4) is 0 Å². The van der Waals surface area contributed by atoms with Crippen LogP contribution in [-0.2, 0) is 9.53 Å². The van der Waals surface area contributed by atoms with Gasteiger partial charge in [-0.15, -0.1) is 0 Å². The number of carbonyl (C=O) groups excluding carboxylic acids is 1. The number of hydrogen-bond donors (Lipinski definition) is 2. The van der Waals surface area contributed by atoms with Crippen LogP contribution in [0.2, 0.25) is 0 Å². The molecule has 7 atom stereocenters. The lowest BCUT2D eigenvalue weighted by atomic mass is 9.45. The highest BCUT2D eigenvalue weighted by Gasteiger charge is 2.66. The zero-order chi connectivity index (χ0) is 25.1. The summed E-state index contributed by atoms with van der Waals surface area (Å²) in [6, 6.07) is 3.41. The van der Waals surface area contributed by atoms with E-state index in [2.05, 4.69) is 25.2 Å². The lowest BCUT2D eigenvalue weighted by Crippen LogP contribution is -2.60. The minimum Gasteiger partial charge on any atom is -0.458 e. The van der Waals surface area contributed by atoms with Crippen LogP contribution >= 0.6 is 0 Å². The second-order valence-electron chi connectivity index (χ2n) is 12.8. The van der Waals surface area contributed by atoms with Crippen molar-refractivity contribution >= 4 is 5.97 Å². The molecule has 0 amide bonds. The third-order valence-corrected chi connectivity index (χ3v) is 11.3. The highest BCUT2D eigenvalue weighted by molar-refractivity contribution is 5.73. The first-order chi connectivity index (χ1) is 17.2. The zero-order valence-corrected chi connectivity index (χ0v) is 21.8. The van der Waals surface area contributed by atoms with Crippen molar-refractivity contribution in [2.45, 2.75) is 95.7 Å². The molecule has 0 radical (unpaired) electrons. The number of allylic oxidation sites excluding steroid dienone is 1. The molecule has 0 bridgehead atoms. The molecule has 1 aliphatic heterocycles. The van der Waals surface area contributed by atoms with Crippen molar-refractivity contribution in [1.29, 1.82) is 0 Å². The summed E-state index contributed by atoms with van der Waals surface area (Å²) in [5, 5.41) is 15.7. The smallest absolute Gasteiger partial charge is 0.335 e. The molecular weight excluding hydrogens is 454 g/mol. The van der Waals surface area contributed by atoms with Gasteiger partial charge in [-0.3, -0.25) is 4.79 Å². The normalized spacial score (nSPS) is 42.6. The number of nitrogens with one attached hydrogen (secondary N) is 1. The fourth-order valence-electron chi connectivity index (χ4n) is 9.16. The number of esters is 1. The maximum absolute atomic E-state index is 12.8. The van der Waals surface area contributed by atoms with Crippen LogP contribution < -0.4 is 10.9 Å². The monoisotopic (exact) mass is 495 g/mol. The van der Waals surface area contributed by atoms with Crippen molar-refractivity contribution in [2.75, 3.05) is 13.1 Å². The van der Waals surface area contributed by atoms with Crippen LogP contribution in [-0.4, -0.2) is 35.9 Å². The molecule has 1 aromatic heterocycles. The Bertz CT molecular complexity index is 1080. The predicted molar refractivity (Wildman–Crippen MR) is 136 cm³/mol. The van der Waals surface area contributed by atoms with E-state index in [0.29, 0.717) is 5.92 Å². The van der Waals surface area contributed by atoms with Crippen LogP contribution in [0.4, 0.5) is 0 Å². The van der Waals surface area contributed by atoms with Crippen LogP contribution in [0.1, 0.15) is 89.5 Å². The fraction of sp³-hybridized carbons (Fsp3) is 0.733. The molecule has 1 saturated heterocycles. The Hall–Kier alpha value is -1.92. The number of hydrogen-bond acceptors (Lipinski definition) is 6. The quantitative estimate of drug-likeness (QED) is 0.466. The molecule has 5 aliphatic rings. The van der Waals surface area contributed by atoms with Gasteiger partial charge in [-0.25, -0.2) is 4.79 Å². The molecule has 0 aromatic carbocycles. The Morgan fingerprint density at radius 3 is 2.58 bits per heavy atom.